The number of rotatable bonds is 1. The number of hydrogen-bond acceptors (Lipinski definition) is 4. The van der Waals surface area contributed by atoms with Gasteiger partial charge in [-0.2, -0.15) is 11.8 Å². The van der Waals surface area contributed by atoms with Crippen molar-refractivity contribution in [2.24, 2.45) is 5.92 Å². The van der Waals surface area contributed by atoms with E-state index in [1.807, 2.05) is 36.0 Å². The summed E-state index contributed by atoms with van der Waals surface area (Å²) in [5.74, 6) is 4.41. The maximum atomic E-state index is 9.73. The number of fused-ring (bicyclic) bond motifs is 3. The Morgan fingerprint density at radius 3 is 2.52 bits per heavy atom. The van der Waals surface area contributed by atoms with Gasteiger partial charge in [0.25, 0.3) is 0 Å². The molecule has 2 aromatic carbocycles. The molecule has 2 N–H and O–H groups in total. The summed E-state index contributed by atoms with van der Waals surface area (Å²) < 4.78 is 6.22. The van der Waals surface area contributed by atoms with Crippen molar-refractivity contribution in [1.29, 1.82) is 0 Å². The van der Waals surface area contributed by atoms with E-state index in [1.54, 1.807) is 18.2 Å². The van der Waals surface area contributed by atoms with E-state index in [0.717, 1.165) is 28.4 Å². The van der Waals surface area contributed by atoms with E-state index in [4.69, 9.17) is 4.74 Å². The zero-order chi connectivity index (χ0) is 14.4. The minimum atomic E-state index is 0.0163. The van der Waals surface area contributed by atoms with Crippen LogP contribution in [0.5, 0.6) is 17.2 Å². The Bertz CT molecular complexity index is 668. The fraction of sp³-hybridized carbons (Fsp3) is 0.294. The van der Waals surface area contributed by atoms with Gasteiger partial charge in [-0.3, -0.25) is 0 Å². The molecule has 3 atom stereocenters. The van der Waals surface area contributed by atoms with Gasteiger partial charge in [-0.25, -0.2) is 0 Å². The van der Waals surface area contributed by atoms with Crippen LogP contribution in [0.2, 0.25) is 0 Å². The molecule has 4 heteroatoms. The second-order valence-electron chi connectivity index (χ2n) is 5.66. The first-order chi connectivity index (χ1) is 10.2. The molecule has 3 nitrogen and oxygen atoms in total. The molecule has 0 saturated carbocycles. The third-order valence-corrected chi connectivity index (χ3v) is 5.60. The molecule has 0 bridgehead atoms. The SMILES string of the molecule is Oc1ccc(C2Oc3ccc(O)cc3C3CSCC32)cc1. The Morgan fingerprint density at radius 2 is 1.71 bits per heavy atom. The molecule has 1 fully saturated rings. The van der Waals surface area contributed by atoms with Crippen molar-refractivity contribution in [1.82, 2.24) is 0 Å². The van der Waals surface area contributed by atoms with Gasteiger partial charge in [-0.15, -0.1) is 0 Å². The Labute approximate surface area is 127 Å². The summed E-state index contributed by atoms with van der Waals surface area (Å²) in [5, 5.41) is 19.2. The molecule has 3 unspecified atom stereocenters. The van der Waals surface area contributed by atoms with E-state index >= 15 is 0 Å². The summed E-state index contributed by atoms with van der Waals surface area (Å²) in [6.45, 7) is 0. The van der Waals surface area contributed by atoms with Crippen LogP contribution in [0, 0.1) is 5.92 Å². The highest BCUT2D eigenvalue weighted by molar-refractivity contribution is 7.99. The molecule has 1 saturated heterocycles. The van der Waals surface area contributed by atoms with E-state index in [0.29, 0.717) is 17.6 Å². The van der Waals surface area contributed by atoms with Gasteiger partial charge in [0.1, 0.15) is 23.4 Å². The maximum Gasteiger partial charge on any atom is 0.128 e. The molecule has 2 aliphatic heterocycles. The number of hydrogen-bond donors (Lipinski definition) is 2. The van der Waals surface area contributed by atoms with E-state index in [9.17, 15) is 10.2 Å². The van der Waals surface area contributed by atoms with Crippen LogP contribution in [-0.4, -0.2) is 21.7 Å². The summed E-state index contributed by atoms with van der Waals surface area (Å²) in [6.07, 6.45) is 0.0163. The van der Waals surface area contributed by atoms with E-state index in [-0.39, 0.29) is 11.9 Å². The van der Waals surface area contributed by atoms with Crippen molar-refractivity contribution in [3.05, 3.63) is 53.6 Å². The monoisotopic (exact) mass is 300 g/mol. The van der Waals surface area contributed by atoms with Crippen molar-refractivity contribution < 1.29 is 14.9 Å². The first kappa shape index (κ1) is 12.9. The van der Waals surface area contributed by atoms with Gasteiger partial charge in [0.2, 0.25) is 0 Å². The first-order valence-corrected chi connectivity index (χ1v) is 8.24. The molecule has 4 rings (SSSR count). The van der Waals surface area contributed by atoms with Crippen molar-refractivity contribution >= 4 is 11.8 Å². The Balaban J connectivity index is 1.77. The van der Waals surface area contributed by atoms with Crippen LogP contribution in [0.4, 0.5) is 0 Å². The quantitative estimate of drug-likeness (QED) is 0.843. The van der Waals surface area contributed by atoms with Gasteiger partial charge in [0.05, 0.1) is 0 Å². The van der Waals surface area contributed by atoms with Gasteiger partial charge < -0.3 is 14.9 Å². The molecule has 0 aliphatic carbocycles. The number of phenolic OH excluding ortho intramolecular Hbond substituents is 2. The van der Waals surface area contributed by atoms with Crippen LogP contribution in [0.15, 0.2) is 42.5 Å². The van der Waals surface area contributed by atoms with Crippen LogP contribution in [0.25, 0.3) is 0 Å². The normalized spacial score (nSPS) is 26.8. The molecule has 0 aromatic heterocycles. The summed E-state index contributed by atoms with van der Waals surface area (Å²) in [5.41, 5.74) is 2.23. The Morgan fingerprint density at radius 1 is 0.952 bits per heavy atom. The number of phenols is 2. The standard InChI is InChI=1S/C17H16O3S/c18-11-3-1-10(2-4-11)17-15-9-21-8-14(15)13-7-12(19)5-6-16(13)20-17/h1-7,14-15,17-19H,8-9H2. The highest BCUT2D eigenvalue weighted by Gasteiger charge is 2.42. The Kier molecular flexibility index (Phi) is 3.00. The topological polar surface area (TPSA) is 49.7 Å². The second kappa shape index (κ2) is 4.88. The molecule has 2 aromatic rings. The number of benzene rings is 2. The molecular weight excluding hydrogens is 284 g/mol. The third kappa shape index (κ3) is 2.14. The molecular formula is C17H16O3S. The lowest BCUT2D eigenvalue weighted by Gasteiger charge is -2.36. The number of thioether (sulfide) groups is 1. The van der Waals surface area contributed by atoms with Crippen LogP contribution < -0.4 is 4.74 Å². The second-order valence-corrected chi connectivity index (χ2v) is 6.73. The maximum absolute atomic E-state index is 9.73. The summed E-state index contributed by atoms with van der Waals surface area (Å²) in [6, 6.07) is 12.7. The minimum absolute atomic E-state index is 0.0163. The van der Waals surface area contributed by atoms with Crippen molar-refractivity contribution in [3.63, 3.8) is 0 Å². The lowest BCUT2D eigenvalue weighted by molar-refractivity contribution is 0.114. The van der Waals surface area contributed by atoms with Crippen LogP contribution in [0.3, 0.4) is 0 Å². The minimum Gasteiger partial charge on any atom is -0.508 e. The summed E-state index contributed by atoms with van der Waals surface area (Å²) in [7, 11) is 0. The molecule has 108 valence electrons. The highest BCUT2D eigenvalue weighted by Crippen LogP contribution is 2.52. The fourth-order valence-corrected chi connectivity index (χ4v) is 4.82. The third-order valence-electron chi connectivity index (χ3n) is 4.38. The first-order valence-electron chi connectivity index (χ1n) is 7.08. The fourth-order valence-electron chi connectivity index (χ4n) is 3.33. The van der Waals surface area contributed by atoms with Gasteiger partial charge in [-0.1, -0.05) is 12.1 Å². The largest absolute Gasteiger partial charge is 0.508 e. The molecule has 21 heavy (non-hydrogen) atoms. The lowest BCUT2D eigenvalue weighted by atomic mass is 9.80. The summed E-state index contributed by atoms with van der Waals surface area (Å²) >= 11 is 1.94. The van der Waals surface area contributed by atoms with Crippen LogP contribution in [-0.2, 0) is 0 Å². The van der Waals surface area contributed by atoms with Crippen LogP contribution in [0.1, 0.15) is 23.1 Å². The van der Waals surface area contributed by atoms with Gasteiger partial charge in [0.15, 0.2) is 0 Å². The van der Waals surface area contributed by atoms with E-state index in [1.165, 1.54) is 0 Å². The molecule has 2 heterocycles. The number of ether oxygens (including phenoxy) is 1. The van der Waals surface area contributed by atoms with Crippen LogP contribution >= 0.6 is 11.8 Å². The average Bonchev–Trinajstić information content (AvgIpc) is 2.97. The van der Waals surface area contributed by atoms with E-state index in [2.05, 4.69) is 0 Å². The lowest BCUT2D eigenvalue weighted by Crippen LogP contribution is -2.29. The zero-order valence-electron chi connectivity index (χ0n) is 11.4. The van der Waals surface area contributed by atoms with Gasteiger partial charge in [-0.05, 0) is 35.9 Å². The van der Waals surface area contributed by atoms with Crippen molar-refractivity contribution in [2.45, 2.75) is 12.0 Å². The van der Waals surface area contributed by atoms with Gasteiger partial charge >= 0.3 is 0 Å². The number of aromatic hydroxyl groups is 2. The molecule has 0 spiro atoms. The smallest absolute Gasteiger partial charge is 0.128 e. The van der Waals surface area contributed by atoms with Crippen molar-refractivity contribution in [3.8, 4) is 17.2 Å². The zero-order valence-corrected chi connectivity index (χ0v) is 12.2. The average molecular weight is 300 g/mol. The predicted molar refractivity (Wildman–Crippen MR) is 83.1 cm³/mol. The molecule has 0 amide bonds. The Hall–Kier alpha value is -1.81. The highest BCUT2D eigenvalue weighted by atomic mass is 32.2. The van der Waals surface area contributed by atoms with E-state index < -0.39 is 0 Å². The summed E-state index contributed by atoms with van der Waals surface area (Å²) in [4.78, 5) is 0. The van der Waals surface area contributed by atoms with Gasteiger partial charge in [0, 0.05) is 28.9 Å². The van der Waals surface area contributed by atoms with Crippen molar-refractivity contribution in [2.75, 3.05) is 11.5 Å². The predicted octanol–water partition coefficient (Wildman–Crippen LogP) is 3.68. The molecule has 0 radical (unpaired) electrons. The molecule has 2 aliphatic rings.